The number of alkyl halides is 3. The summed E-state index contributed by atoms with van der Waals surface area (Å²) in [5.41, 5.74) is -0.128. The molecule has 0 radical (unpaired) electrons. The first kappa shape index (κ1) is 14.5. The monoisotopic (exact) mass is 304 g/mol. The average Bonchev–Trinajstić information content (AvgIpc) is 2.37. The predicted molar refractivity (Wildman–Crippen MR) is 65.2 cm³/mol. The van der Waals surface area contributed by atoms with Gasteiger partial charge in [0.15, 0.2) is 0 Å². The molecular formula is C13H8F4O2S. The summed E-state index contributed by atoms with van der Waals surface area (Å²) in [5, 5.41) is 0. The first-order valence-corrected chi connectivity index (χ1v) is 6.78. The van der Waals surface area contributed by atoms with Crippen LogP contribution in [-0.2, 0) is 16.4 Å². The Hall–Kier alpha value is -1.89. The molecule has 106 valence electrons. The van der Waals surface area contributed by atoms with Crippen LogP contribution >= 0.6 is 0 Å². The number of halogens is 4. The lowest BCUT2D eigenvalue weighted by Gasteiger charge is -2.08. The number of rotatable bonds is 2. The minimum atomic E-state index is -4.84. The summed E-state index contributed by atoms with van der Waals surface area (Å²) in [6, 6.07) is 9.11. The topological polar surface area (TPSA) is 34.1 Å². The van der Waals surface area contributed by atoms with E-state index >= 15 is 0 Å². The summed E-state index contributed by atoms with van der Waals surface area (Å²) in [6.45, 7) is 0. The molecule has 0 saturated carbocycles. The van der Waals surface area contributed by atoms with Crippen molar-refractivity contribution in [2.24, 2.45) is 0 Å². The lowest BCUT2D eigenvalue weighted by Crippen LogP contribution is -2.04. The van der Waals surface area contributed by atoms with Gasteiger partial charge in [-0.05, 0) is 35.4 Å². The average molecular weight is 304 g/mol. The molecule has 0 fully saturated rings. The van der Waals surface area contributed by atoms with E-state index in [1.54, 1.807) is 0 Å². The van der Waals surface area contributed by atoms with Gasteiger partial charge in [-0.2, -0.15) is 21.6 Å². The van der Waals surface area contributed by atoms with Crippen LogP contribution in [0.4, 0.5) is 17.1 Å². The Labute approximate surface area is 112 Å². The van der Waals surface area contributed by atoms with Gasteiger partial charge in [-0.3, -0.25) is 0 Å². The molecule has 0 heterocycles. The third-order valence-electron chi connectivity index (χ3n) is 2.66. The summed E-state index contributed by atoms with van der Waals surface area (Å²) in [6.07, 6.45) is -4.44. The summed E-state index contributed by atoms with van der Waals surface area (Å²) >= 11 is 0. The van der Waals surface area contributed by atoms with E-state index in [2.05, 4.69) is 0 Å². The molecule has 0 spiro atoms. The molecule has 0 atom stereocenters. The van der Waals surface area contributed by atoms with Gasteiger partial charge >= 0.3 is 16.4 Å². The van der Waals surface area contributed by atoms with Crippen molar-refractivity contribution in [1.82, 2.24) is 0 Å². The summed E-state index contributed by atoms with van der Waals surface area (Å²) in [4.78, 5) is -0.533. The Morgan fingerprint density at radius 2 is 1.45 bits per heavy atom. The maximum Gasteiger partial charge on any atom is 0.416 e. The fourth-order valence-electron chi connectivity index (χ4n) is 1.68. The van der Waals surface area contributed by atoms with Crippen molar-refractivity contribution in [2.75, 3.05) is 0 Å². The van der Waals surface area contributed by atoms with Crippen molar-refractivity contribution in [2.45, 2.75) is 11.1 Å². The van der Waals surface area contributed by atoms with E-state index in [1.165, 1.54) is 24.3 Å². The van der Waals surface area contributed by atoms with Crippen molar-refractivity contribution >= 4 is 10.2 Å². The molecule has 0 aliphatic carbocycles. The lowest BCUT2D eigenvalue weighted by molar-refractivity contribution is -0.137. The quantitative estimate of drug-likeness (QED) is 0.620. The second-order valence-electron chi connectivity index (χ2n) is 4.04. The van der Waals surface area contributed by atoms with Crippen LogP contribution in [-0.4, -0.2) is 8.42 Å². The molecule has 2 aromatic rings. The van der Waals surface area contributed by atoms with Crippen molar-refractivity contribution in [3.63, 3.8) is 0 Å². The van der Waals surface area contributed by atoms with Gasteiger partial charge in [-0.1, -0.05) is 24.3 Å². The van der Waals surface area contributed by atoms with Gasteiger partial charge in [-0.25, -0.2) is 0 Å². The van der Waals surface area contributed by atoms with Crippen LogP contribution in [0.2, 0.25) is 0 Å². The maximum absolute atomic E-state index is 12.9. The standard InChI is InChI=1S/C13H8F4O2S/c14-13(15,16)11-6-4-9(5-7-11)10-2-1-3-12(8-10)20(17,18)19/h1-8H. The van der Waals surface area contributed by atoms with Crippen LogP contribution in [0.1, 0.15) is 5.56 Å². The first-order valence-electron chi connectivity index (χ1n) is 5.40. The molecule has 7 heteroatoms. The first-order chi connectivity index (χ1) is 9.18. The normalized spacial score (nSPS) is 12.4. The largest absolute Gasteiger partial charge is 0.416 e. The van der Waals surface area contributed by atoms with Gasteiger partial charge in [0.1, 0.15) is 0 Å². The maximum atomic E-state index is 12.9. The molecular weight excluding hydrogens is 296 g/mol. The van der Waals surface area contributed by atoms with E-state index in [0.29, 0.717) is 11.1 Å². The highest BCUT2D eigenvalue weighted by Gasteiger charge is 2.29. The van der Waals surface area contributed by atoms with Gasteiger partial charge in [0.05, 0.1) is 10.5 Å². The molecule has 0 aliphatic rings. The van der Waals surface area contributed by atoms with Crippen LogP contribution in [0.3, 0.4) is 0 Å². The van der Waals surface area contributed by atoms with Crippen LogP contribution in [0, 0.1) is 0 Å². The third kappa shape index (κ3) is 3.16. The van der Waals surface area contributed by atoms with Gasteiger partial charge in [-0.15, -0.1) is 3.89 Å². The Balaban J connectivity index is 2.43. The highest BCUT2D eigenvalue weighted by atomic mass is 32.3. The number of hydrogen-bond donors (Lipinski definition) is 0. The SMILES string of the molecule is O=S(=O)(F)c1cccc(-c2ccc(C(F)(F)F)cc2)c1. The van der Waals surface area contributed by atoms with Crippen molar-refractivity contribution in [1.29, 1.82) is 0 Å². The molecule has 0 N–H and O–H groups in total. The highest BCUT2D eigenvalue weighted by Crippen LogP contribution is 2.31. The van der Waals surface area contributed by atoms with Crippen LogP contribution in [0.15, 0.2) is 53.4 Å². The second kappa shape index (κ2) is 4.90. The Morgan fingerprint density at radius 1 is 0.850 bits per heavy atom. The molecule has 0 amide bonds. The van der Waals surface area contributed by atoms with Crippen LogP contribution < -0.4 is 0 Å². The molecule has 2 rings (SSSR count). The molecule has 0 aliphatic heterocycles. The molecule has 0 unspecified atom stereocenters. The highest BCUT2D eigenvalue weighted by molar-refractivity contribution is 7.86. The smallest absolute Gasteiger partial charge is 0.189 e. The Morgan fingerprint density at radius 3 is 1.95 bits per heavy atom. The van der Waals surface area contributed by atoms with E-state index in [0.717, 1.165) is 24.3 Å². The zero-order chi connectivity index (χ0) is 15.0. The van der Waals surface area contributed by atoms with E-state index < -0.39 is 26.9 Å². The molecule has 0 aromatic heterocycles. The Kier molecular flexibility index (Phi) is 3.56. The molecule has 0 bridgehead atoms. The van der Waals surface area contributed by atoms with Crippen molar-refractivity contribution in [3.05, 3.63) is 54.1 Å². The van der Waals surface area contributed by atoms with Crippen LogP contribution in [0.25, 0.3) is 11.1 Å². The summed E-state index contributed by atoms with van der Waals surface area (Å²) in [5.74, 6) is 0. The van der Waals surface area contributed by atoms with Gasteiger partial charge in [0, 0.05) is 0 Å². The fraction of sp³-hybridized carbons (Fsp3) is 0.0769. The molecule has 2 aromatic carbocycles. The predicted octanol–water partition coefficient (Wildman–Crippen LogP) is 4.03. The van der Waals surface area contributed by atoms with Crippen molar-refractivity contribution < 1.29 is 25.5 Å². The Bertz CT molecular complexity index is 719. The van der Waals surface area contributed by atoms with Crippen molar-refractivity contribution in [3.8, 4) is 11.1 Å². The molecule has 20 heavy (non-hydrogen) atoms. The van der Waals surface area contributed by atoms with Gasteiger partial charge in [0.2, 0.25) is 0 Å². The summed E-state index contributed by atoms with van der Waals surface area (Å²) in [7, 11) is -4.84. The van der Waals surface area contributed by atoms with E-state index in [9.17, 15) is 25.5 Å². The minimum Gasteiger partial charge on any atom is -0.189 e. The van der Waals surface area contributed by atoms with E-state index in [4.69, 9.17) is 0 Å². The van der Waals surface area contributed by atoms with E-state index in [1.807, 2.05) is 0 Å². The summed E-state index contributed by atoms with van der Waals surface area (Å²) < 4.78 is 71.7. The van der Waals surface area contributed by atoms with Gasteiger partial charge < -0.3 is 0 Å². The molecule has 2 nitrogen and oxygen atoms in total. The van der Waals surface area contributed by atoms with Gasteiger partial charge in [0.25, 0.3) is 0 Å². The van der Waals surface area contributed by atoms with E-state index in [-0.39, 0.29) is 0 Å². The van der Waals surface area contributed by atoms with Crippen LogP contribution in [0.5, 0.6) is 0 Å². The minimum absolute atomic E-state index is 0.317. The zero-order valence-electron chi connectivity index (χ0n) is 9.86. The number of benzene rings is 2. The number of hydrogen-bond acceptors (Lipinski definition) is 2. The third-order valence-corrected chi connectivity index (χ3v) is 3.48. The fourth-order valence-corrected chi connectivity index (χ4v) is 2.19. The zero-order valence-corrected chi connectivity index (χ0v) is 10.7. The lowest BCUT2D eigenvalue weighted by atomic mass is 10.0. The second-order valence-corrected chi connectivity index (χ2v) is 5.39. The molecule has 0 saturated heterocycles.